The summed E-state index contributed by atoms with van der Waals surface area (Å²) in [6, 6.07) is 2.87. The van der Waals surface area contributed by atoms with Crippen LogP contribution in [-0.4, -0.2) is 78.6 Å². The molecule has 2 amide bonds. The summed E-state index contributed by atoms with van der Waals surface area (Å²) in [7, 11) is 0. The van der Waals surface area contributed by atoms with Gasteiger partial charge in [-0.2, -0.15) is 0 Å². The van der Waals surface area contributed by atoms with Crippen molar-refractivity contribution in [2.24, 2.45) is 5.16 Å². The molecule has 0 aromatic carbocycles. The van der Waals surface area contributed by atoms with Gasteiger partial charge < -0.3 is 27.5 Å². The molecule has 17 heteroatoms. The molecule has 4 heterocycles. The molecule has 0 saturated carbocycles. The molecule has 2 aliphatic rings. The van der Waals surface area contributed by atoms with E-state index in [-0.39, 0.29) is 53.2 Å². The van der Waals surface area contributed by atoms with Gasteiger partial charge in [-0.1, -0.05) is 5.16 Å². The van der Waals surface area contributed by atoms with Gasteiger partial charge in [0.05, 0.1) is 0 Å². The van der Waals surface area contributed by atoms with Crippen LogP contribution in [0.5, 0.6) is 0 Å². The van der Waals surface area contributed by atoms with Crippen LogP contribution in [0.4, 0.5) is 5.13 Å². The normalized spacial score (nSPS) is 19.2. The molecule has 1 fully saturated rings. The minimum atomic E-state index is -1.35. The van der Waals surface area contributed by atoms with Gasteiger partial charge in [0.15, 0.2) is 23.2 Å². The van der Waals surface area contributed by atoms with E-state index in [9.17, 15) is 24.3 Å². The van der Waals surface area contributed by atoms with Crippen LogP contribution in [0.3, 0.4) is 0 Å². The van der Waals surface area contributed by atoms with Crippen LogP contribution >= 0.6 is 34.9 Å². The monoisotopic (exact) mass is 617 g/mol. The minimum Gasteiger partial charge on any atom is -1.00 e. The van der Waals surface area contributed by atoms with E-state index in [1.54, 1.807) is 0 Å². The standard InChI is InChI=1S/C23H24N6O7S3.Na.H/c1-3-28-6-4-13(5-7-28)37-8-12-9-38-20-16(19(31)29(20)17(12)22(34)35)26-18(30)15(14-10-39-23(24)25-14)27-36-11(2)21(32)33;;/h4-7,10-11,16,20H,3,8-9H2,1-2H3,(H4-,24,25,26,30,32,33,34,35);;/q;+1;-1/p+1/b27-15-;;/t11-,16+,20+;;/m0../s1. The number of oxime groups is 1. The number of aryl methyl sites for hydroxylation is 1. The van der Waals surface area contributed by atoms with Crippen LogP contribution in [-0.2, 0) is 30.6 Å². The summed E-state index contributed by atoms with van der Waals surface area (Å²) >= 11 is 3.85. The van der Waals surface area contributed by atoms with Crippen LogP contribution in [0.15, 0.2) is 51.2 Å². The minimum absolute atomic E-state index is 0. The maximum absolute atomic E-state index is 13.1. The molecule has 13 nitrogen and oxygen atoms in total. The summed E-state index contributed by atoms with van der Waals surface area (Å²) < 4.78 is 2.01. The molecule has 2 aliphatic heterocycles. The zero-order valence-corrected chi connectivity index (χ0v) is 26.2. The molecular formula is C23H26N6NaO7S3+. The number of rotatable bonds is 11. The molecule has 2 aromatic heterocycles. The Kier molecular flexibility index (Phi) is 11.0. The number of nitrogens with one attached hydrogen (secondary N) is 1. The number of fused-ring (bicyclic) bond motifs is 1. The second kappa shape index (κ2) is 13.8. The number of nitrogens with two attached hydrogens (primary N) is 1. The van der Waals surface area contributed by atoms with Gasteiger partial charge in [-0.05, 0) is 19.4 Å². The van der Waals surface area contributed by atoms with Crippen molar-refractivity contribution in [3.05, 3.63) is 46.9 Å². The molecule has 208 valence electrons. The van der Waals surface area contributed by atoms with Gasteiger partial charge in [-0.25, -0.2) is 19.1 Å². The van der Waals surface area contributed by atoms with Crippen molar-refractivity contribution in [2.75, 3.05) is 17.2 Å². The second-order valence-electron chi connectivity index (χ2n) is 8.37. The Morgan fingerprint density at radius 3 is 2.65 bits per heavy atom. The molecular weight excluding hydrogens is 591 g/mol. The van der Waals surface area contributed by atoms with Gasteiger partial charge in [0.2, 0.25) is 6.10 Å². The third-order valence-corrected chi connectivity index (χ3v) is 8.92. The smallest absolute Gasteiger partial charge is 1.00 e. The first-order valence-corrected chi connectivity index (χ1v) is 14.5. The fourth-order valence-electron chi connectivity index (χ4n) is 3.70. The number of hydrogen-bond acceptors (Lipinski definition) is 11. The predicted octanol–water partition coefficient (Wildman–Crippen LogP) is -2.13. The number of carbonyl (C=O) groups is 4. The maximum Gasteiger partial charge on any atom is 1.00 e. The topological polar surface area (TPSA) is 188 Å². The predicted molar refractivity (Wildman–Crippen MR) is 145 cm³/mol. The summed E-state index contributed by atoms with van der Waals surface area (Å²) in [5.41, 5.74) is 5.87. The molecule has 0 spiro atoms. The van der Waals surface area contributed by atoms with Crippen LogP contribution < -0.4 is 45.2 Å². The Balaban J connectivity index is 0.00000294. The van der Waals surface area contributed by atoms with Crippen LogP contribution in [0.1, 0.15) is 21.0 Å². The number of aliphatic carboxylic acids is 2. The number of pyridine rings is 1. The molecule has 5 N–H and O–H groups in total. The number of nitrogen functional groups attached to an aromatic ring is 1. The summed E-state index contributed by atoms with van der Waals surface area (Å²) in [6.45, 7) is 4.10. The molecule has 0 radical (unpaired) electrons. The summed E-state index contributed by atoms with van der Waals surface area (Å²) in [5.74, 6) is -3.19. The van der Waals surface area contributed by atoms with Crippen LogP contribution in [0, 0.1) is 0 Å². The maximum atomic E-state index is 13.1. The van der Waals surface area contributed by atoms with E-state index in [4.69, 9.17) is 15.7 Å². The van der Waals surface area contributed by atoms with Crippen molar-refractivity contribution in [1.82, 2.24) is 15.2 Å². The Hall–Kier alpha value is -2.63. The molecule has 40 heavy (non-hydrogen) atoms. The first kappa shape index (κ1) is 31.9. The fourth-order valence-corrected chi connectivity index (χ4v) is 6.62. The van der Waals surface area contributed by atoms with Gasteiger partial charge in [0, 0.05) is 33.9 Å². The average Bonchev–Trinajstić information content (AvgIpc) is 3.35. The number of thiazole rings is 1. The van der Waals surface area contributed by atoms with Crippen molar-refractivity contribution >= 4 is 69.5 Å². The van der Waals surface area contributed by atoms with E-state index >= 15 is 0 Å². The number of hydrogen-bond donors (Lipinski definition) is 4. The Bertz CT molecular complexity index is 1370. The third-order valence-electron chi connectivity index (χ3n) is 5.80. The van der Waals surface area contributed by atoms with E-state index in [2.05, 4.69) is 15.5 Å². The van der Waals surface area contributed by atoms with Gasteiger partial charge >= 0.3 is 41.5 Å². The second-order valence-corrected chi connectivity index (χ2v) is 11.4. The Morgan fingerprint density at radius 2 is 2.08 bits per heavy atom. The third kappa shape index (κ3) is 6.98. The van der Waals surface area contributed by atoms with E-state index in [0.717, 1.165) is 22.8 Å². The van der Waals surface area contributed by atoms with Crippen molar-refractivity contribution in [3.8, 4) is 0 Å². The van der Waals surface area contributed by atoms with E-state index in [0.29, 0.717) is 17.1 Å². The zero-order chi connectivity index (χ0) is 28.3. The van der Waals surface area contributed by atoms with Crippen LogP contribution in [0.2, 0.25) is 0 Å². The molecule has 2 aromatic rings. The number of aromatic nitrogens is 2. The van der Waals surface area contributed by atoms with Crippen molar-refractivity contribution in [1.29, 1.82) is 0 Å². The number of carbonyl (C=O) groups excluding carboxylic acids is 2. The number of carboxylic acid groups (broad SMARTS) is 2. The molecule has 1 saturated heterocycles. The zero-order valence-electron chi connectivity index (χ0n) is 22.8. The van der Waals surface area contributed by atoms with Crippen molar-refractivity contribution in [3.63, 3.8) is 0 Å². The average molecular weight is 618 g/mol. The molecule has 4 rings (SSSR count). The number of β-lactam (4-membered cyclic amide) rings is 1. The number of amides is 2. The van der Waals surface area contributed by atoms with Gasteiger partial charge in [-0.15, -0.1) is 34.9 Å². The van der Waals surface area contributed by atoms with E-state index < -0.39 is 41.3 Å². The SMILES string of the molecule is CC[n+]1ccc(SCC2=C(C(=O)O)N3C(=O)[C@@H](NC(=O)/C(=N\O[C@@H](C)C(=O)O)c4csc(N)n4)[C@H]3SC2)cc1.[H-].[Na+]. The molecule has 0 bridgehead atoms. The number of nitrogens with zero attached hydrogens (tertiary/aromatic N) is 4. The van der Waals surface area contributed by atoms with Gasteiger partial charge in [0.1, 0.15) is 29.4 Å². The largest absolute Gasteiger partial charge is 1.00 e. The Morgan fingerprint density at radius 1 is 1.38 bits per heavy atom. The first-order chi connectivity index (χ1) is 18.6. The van der Waals surface area contributed by atoms with Gasteiger partial charge in [0.25, 0.3) is 11.8 Å². The number of carboxylic acids is 2. The Labute approximate surface area is 265 Å². The molecule has 0 unspecified atom stereocenters. The first-order valence-electron chi connectivity index (χ1n) is 11.6. The van der Waals surface area contributed by atoms with Gasteiger partial charge in [-0.3, -0.25) is 14.5 Å². The summed E-state index contributed by atoms with van der Waals surface area (Å²) in [5, 5.41) is 26.1. The molecule has 3 atom stereocenters. The van der Waals surface area contributed by atoms with E-state index in [1.165, 1.54) is 40.7 Å². The summed E-state index contributed by atoms with van der Waals surface area (Å²) in [6.07, 6.45) is 2.54. The van der Waals surface area contributed by atoms with Crippen molar-refractivity contribution < 1.29 is 69.8 Å². The quantitative estimate of drug-likeness (QED) is 0.0539. The number of anilines is 1. The fraction of sp³-hybridized carbons (Fsp3) is 0.348. The van der Waals surface area contributed by atoms with Crippen LogP contribution in [0.25, 0.3) is 0 Å². The summed E-state index contributed by atoms with van der Waals surface area (Å²) in [4.78, 5) is 60.5. The number of thioether (sulfide) groups is 2. The molecule has 0 aliphatic carbocycles. The van der Waals surface area contributed by atoms with Crippen molar-refractivity contribution in [2.45, 2.75) is 42.8 Å². The van der Waals surface area contributed by atoms with E-state index in [1.807, 2.05) is 36.0 Å².